The Labute approximate surface area is 211 Å². The molecule has 0 bridgehead atoms. The maximum Gasteiger partial charge on any atom is 0.274 e. The van der Waals surface area contributed by atoms with Crippen molar-refractivity contribution in [2.75, 3.05) is 35.5 Å². The third-order valence-corrected chi connectivity index (χ3v) is 6.21. The molecule has 0 aromatic heterocycles. The van der Waals surface area contributed by atoms with Crippen LogP contribution in [0, 0.1) is 6.92 Å². The summed E-state index contributed by atoms with van der Waals surface area (Å²) in [6.07, 6.45) is 0.516. The van der Waals surface area contributed by atoms with Gasteiger partial charge in [-0.25, -0.2) is 5.01 Å². The van der Waals surface area contributed by atoms with Gasteiger partial charge in [-0.1, -0.05) is 29.8 Å². The van der Waals surface area contributed by atoms with Crippen LogP contribution in [-0.4, -0.2) is 52.2 Å². The van der Waals surface area contributed by atoms with Gasteiger partial charge < -0.3 is 23.7 Å². The van der Waals surface area contributed by atoms with Crippen molar-refractivity contribution in [3.05, 3.63) is 76.9 Å². The summed E-state index contributed by atoms with van der Waals surface area (Å²) in [4.78, 5) is 13.9. The number of hydrazone groups is 1. The van der Waals surface area contributed by atoms with Crippen LogP contribution in [0.4, 0.5) is 0 Å². The minimum atomic E-state index is -0.306. The minimum absolute atomic E-state index is 0.290. The first-order chi connectivity index (χ1) is 17.4. The molecule has 1 atom stereocenters. The molecule has 0 saturated heterocycles. The van der Waals surface area contributed by atoms with E-state index in [1.165, 1.54) is 26.3 Å². The summed E-state index contributed by atoms with van der Waals surface area (Å²) in [6, 6.07) is 16.6. The molecule has 8 nitrogen and oxygen atoms in total. The Morgan fingerprint density at radius 1 is 0.806 bits per heavy atom. The van der Waals surface area contributed by atoms with Gasteiger partial charge in [0.15, 0.2) is 11.5 Å². The fourth-order valence-electron chi connectivity index (χ4n) is 4.28. The molecule has 0 spiro atoms. The smallest absolute Gasteiger partial charge is 0.274 e. The Kier molecular flexibility index (Phi) is 7.33. The van der Waals surface area contributed by atoms with Crippen molar-refractivity contribution in [1.82, 2.24) is 5.01 Å². The highest BCUT2D eigenvalue weighted by Crippen LogP contribution is 2.41. The summed E-state index contributed by atoms with van der Waals surface area (Å²) in [5.74, 6) is 2.22. The summed E-state index contributed by atoms with van der Waals surface area (Å²) in [5.41, 5.74) is 4.02. The molecule has 0 aliphatic carbocycles. The third-order valence-electron chi connectivity index (χ3n) is 6.21. The molecule has 0 saturated carbocycles. The van der Waals surface area contributed by atoms with Crippen LogP contribution in [0.1, 0.15) is 39.5 Å². The van der Waals surface area contributed by atoms with Crippen LogP contribution in [0.3, 0.4) is 0 Å². The monoisotopic (exact) mass is 490 g/mol. The summed E-state index contributed by atoms with van der Waals surface area (Å²) < 4.78 is 27.3. The predicted molar refractivity (Wildman–Crippen MR) is 137 cm³/mol. The topological polar surface area (TPSA) is 78.8 Å². The van der Waals surface area contributed by atoms with E-state index >= 15 is 0 Å². The molecule has 36 heavy (non-hydrogen) atoms. The fourth-order valence-corrected chi connectivity index (χ4v) is 4.28. The Bertz CT molecular complexity index is 1260. The van der Waals surface area contributed by atoms with Crippen molar-refractivity contribution in [2.45, 2.75) is 19.4 Å². The number of hydrogen-bond donors (Lipinski definition) is 0. The first-order valence-corrected chi connectivity index (χ1v) is 11.4. The Balaban J connectivity index is 1.81. The van der Waals surface area contributed by atoms with Crippen molar-refractivity contribution >= 4 is 11.6 Å². The average Bonchev–Trinajstić information content (AvgIpc) is 3.36. The van der Waals surface area contributed by atoms with Gasteiger partial charge in [0.1, 0.15) is 11.5 Å². The quantitative estimate of drug-likeness (QED) is 0.441. The van der Waals surface area contributed by atoms with E-state index in [-0.39, 0.29) is 11.9 Å². The van der Waals surface area contributed by atoms with Gasteiger partial charge in [0.2, 0.25) is 5.75 Å². The normalized spacial score (nSPS) is 14.8. The van der Waals surface area contributed by atoms with E-state index in [1.54, 1.807) is 26.4 Å². The van der Waals surface area contributed by atoms with Crippen molar-refractivity contribution in [2.24, 2.45) is 5.10 Å². The van der Waals surface area contributed by atoms with Gasteiger partial charge in [-0.15, -0.1) is 0 Å². The molecule has 4 rings (SSSR count). The zero-order valence-corrected chi connectivity index (χ0v) is 21.3. The predicted octanol–water partition coefficient (Wildman–Crippen LogP) is 5.03. The number of amides is 1. The maximum atomic E-state index is 13.9. The van der Waals surface area contributed by atoms with Gasteiger partial charge in [-0.05, 0) is 36.8 Å². The zero-order chi connectivity index (χ0) is 25.8. The second kappa shape index (κ2) is 10.6. The number of carbonyl (C=O) groups is 1. The van der Waals surface area contributed by atoms with E-state index in [9.17, 15) is 4.79 Å². The molecule has 3 aromatic carbocycles. The molecule has 1 heterocycles. The highest BCUT2D eigenvalue weighted by molar-refractivity contribution is 6.07. The van der Waals surface area contributed by atoms with Crippen LogP contribution >= 0.6 is 0 Å². The standard InChI is InChI=1S/C28H30N2O6/c1-17-7-9-18(10-8-17)23-16-22(21-12-11-20(32-2)15-24(21)33-3)29-30(23)28(31)19-13-25(34-4)27(36-6)26(14-19)35-5/h7-15,23H,16H2,1-6H3/t23-/m1/s1. The van der Waals surface area contributed by atoms with E-state index in [4.69, 9.17) is 28.8 Å². The number of benzene rings is 3. The van der Waals surface area contributed by atoms with Crippen LogP contribution < -0.4 is 23.7 Å². The lowest BCUT2D eigenvalue weighted by molar-refractivity contribution is 0.0710. The first-order valence-electron chi connectivity index (χ1n) is 11.4. The molecular formula is C28H30N2O6. The van der Waals surface area contributed by atoms with E-state index in [0.717, 1.165) is 22.4 Å². The van der Waals surface area contributed by atoms with Crippen LogP contribution in [-0.2, 0) is 0 Å². The van der Waals surface area contributed by atoms with Crippen LogP contribution in [0.5, 0.6) is 28.7 Å². The second-order valence-electron chi connectivity index (χ2n) is 8.31. The molecule has 0 radical (unpaired) electrons. The average molecular weight is 491 g/mol. The largest absolute Gasteiger partial charge is 0.497 e. The molecule has 0 unspecified atom stereocenters. The molecule has 188 valence electrons. The van der Waals surface area contributed by atoms with E-state index < -0.39 is 0 Å². The van der Waals surface area contributed by atoms with Crippen LogP contribution in [0.15, 0.2) is 59.7 Å². The molecule has 0 N–H and O–H groups in total. The lowest BCUT2D eigenvalue weighted by Crippen LogP contribution is -2.27. The third kappa shape index (κ3) is 4.66. The summed E-state index contributed by atoms with van der Waals surface area (Å²) in [7, 11) is 7.76. The second-order valence-corrected chi connectivity index (χ2v) is 8.31. The summed E-state index contributed by atoms with van der Waals surface area (Å²) in [5, 5.41) is 6.32. The Hall–Kier alpha value is -4.20. The lowest BCUT2D eigenvalue weighted by atomic mass is 9.97. The van der Waals surface area contributed by atoms with E-state index in [0.29, 0.717) is 40.7 Å². The number of carbonyl (C=O) groups excluding carboxylic acids is 1. The SMILES string of the molecule is COc1ccc(C2=NN(C(=O)c3cc(OC)c(OC)c(OC)c3)[C@@H](c3ccc(C)cc3)C2)c(OC)c1. The minimum Gasteiger partial charge on any atom is -0.497 e. The number of ether oxygens (including phenoxy) is 5. The van der Waals surface area contributed by atoms with Gasteiger partial charge >= 0.3 is 0 Å². The maximum absolute atomic E-state index is 13.9. The number of hydrogen-bond acceptors (Lipinski definition) is 7. The van der Waals surface area contributed by atoms with Crippen LogP contribution in [0.25, 0.3) is 0 Å². The Morgan fingerprint density at radius 3 is 2.00 bits per heavy atom. The number of methoxy groups -OCH3 is 5. The van der Waals surface area contributed by atoms with Gasteiger partial charge in [-0.2, -0.15) is 5.10 Å². The van der Waals surface area contributed by atoms with Crippen molar-refractivity contribution in [3.8, 4) is 28.7 Å². The zero-order valence-electron chi connectivity index (χ0n) is 21.3. The van der Waals surface area contributed by atoms with Crippen molar-refractivity contribution in [3.63, 3.8) is 0 Å². The molecule has 1 aliphatic rings. The van der Waals surface area contributed by atoms with E-state index in [2.05, 4.69) is 0 Å². The van der Waals surface area contributed by atoms with Crippen molar-refractivity contribution in [1.29, 1.82) is 0 Å². The van der Waals surface area contributed by atoms with Gasteiger partial charge in [0.05, 0.1) is 47.3 Å². The first kappa shape index (κ1) is 24.9. The molecule has 3 aromatic rings. The highest BCUT2D eigenvalue weighted by Gasteiger charge is 2.35. The summed E-state index contributed by atoms with van der Waals surface area (Å²) in [6.45, 7) is 2.03. The molecule has 0 fully saturated rings. The highest BCUT2D eigenvalue weighted by atomic mass is 16.5. The number of nitrogens with zero attached hydrogens (tertiary/aromatic N) is 2. The fraction of sp³-hybridized carbons (Fsp3) is 0.286. The summed E-state index contributed by atoms with van der Waals surface area (Å²) >= 11 is 0. The molecule has 1 aliphatic heterocycles. The molecule has 1 amide bonds. The van der Waals surface area contributed by atoms with Crippen LogP contribution in [0.2, 0.25) is 0 Å². The van der Waals surface area contributed by atoms with E-state index in [1.807, 2.05) is 49.4 Å². The van der Waals surface area contributed by atoms with Gasteiger partial charge in [0.25, 0.3) is 5.91 Å². The van der Waals surface area contributed by atoms with Gasteiger partial charge in [-0.3, -0.25) is 4.79 Å². The van der Waals surface area contributed by atoms with Crippen molar-refractivity contribution < 1.29 is 28.5 Å². The van der Waals surface area contributed by atoms with Gasteiger partial charge in [0, 0.05) is 23.6 Å². The lowest BCUT2D eigenvalue weighted by Gasteiger charge is -2.23. The Morgan fingerprint density at radius 2 is 1.44 bits per heavy atom. The number of rotatable bonds is 8. The number of aryl methyl sites for hydroxylation is 1. The molecular weight excluding hydrogens is 460 g/mol. The molecule has 8 heteroatoms.